The number of hydrogen-bond acceptors (Lipinski definition) is 6. The summed E-state index contributed by atoms with van der Waals surface area (Å²) in [4.78, 5) is 24.0. The van der Waals surface area contributed by atoms with Crippen LogP contribution >= 0.6 is 0 Å². The molecule has 0 aromatic heterocycles. The fourth-order valence-electron chi connectivity index (χ4n) is 2.92. The maximum absolute atomic E-state index is 12.4. The maximum atomic E-state index is 12.4. The van der Waals surface area contributed by atoms with Crippen LogP contribution in [0.4, 0.5) is 4.79 Å². The molecular formula is C20H20N2O6S. The van der Waals surface area contributed by atoms with Gasteiger partial charge < -0.3 is 19.6 Å². The summed E-state index contributed by atoms with van der Waals surface area (Å²) >= 11 is 0. The molecule has 1 aliphatic heterocycles. The lowest BCUT2D eigenvalue weighted by Crippen LogP contribution is -2.45. The number of amides is 2. The molecule has 1 heterocycles. The number of methoxy groups -OCH3 is 1. The Morgan fingerprint density at radius 3 is 2.21 bits per heavy atom. The second-order valence-corrected chi connectivity index (χ2v) is 8.03. The first-order chi connectivity index (χ1) is 13.7. The molecule has 0 spiro atoms. The van der Waals surface area contributed by atoms with Gasteiger partial charge in [0.05, 0.1) is 18.7 Å². The van der Waals surface area contributed by atoms with Crippen molar-refractivity contribution in [1.82, 2.24) is 10.6 Å². The second-order valence-electron chi connectivity index (χ2n) is 6.48. The van der Waals surface area contributed by atoms with Crippen LogP contribution < -0.4 is 14.8 Å². The van der Waals surface area contributed by atoms with Gasteiger partial charge in [-0.1, -0.05) is 29.8 Å². The Kier molecular flexibility index (Phi) is 5.60. The van der Waals surface area contributed by atoms with E-state index in [1.165, 1.54) is 31.4 Å². The zero-order chi connectivity index (χ0) is 21.2. The van der Waals surface area contributed by atoms with E-state index >= 15 is 0 Å². The summed E-state index contributed by atoms with van der Waals surface area (Å²) in [5.41, 5.74) is 2.14. The van der Waals surface area contributed by atoms with Crippen LogP contribution in [0.1, 0.15) is 24.1 Å². The number of rotatable bonds is 5. The first-order valence-corrected chi connectivity index (χ1v) is 10.1. The molecule has 0 radical (unpaired) electrons. The van der Waals surface area contributed by atoms with E-state index in [0.717, 1.165) is 5.56 Å². The molecule has 0 saturated heterocycles. The highest BCUT2D eigenvalue weighted by Crippen LogP contribution is 2.29. The first-order valence-electron chi connectivity index (χ1n) is 8.69. The minimum Gasteiger partial charge on any atom is -0.466 e. The van der Waals surface area contributed by atoms with Gasteiger partial charge in [0.2, 0.25) is 0 Å². The third-order valence-corrected chi connectivity index (χ3v) is 5.66. The summed E-state index contributed by atoms with van der Waals surface area (Å²) in [6, 6.07) is 11.2. The number of hydrogen-bond donors (Lipinski definition) is 2. The van der Waals surface area contributed by atoms with Crippen LogP contribution in [0.3, 0.4) is 0 Å². The molecule has 2 aromatic rings. The van der Waals surface area contributed by atoms with Gasteiger partial charge in [-0.3, -0.25) is 0 Å². The van der Waals surface area contributed by atoms with E-state index in [0.29, 0.717) is 11.3 Å². The highest BCUT2D eigenvalue weighted by atomic mass is 32.2. The third-order valence-electron chi connectivity index (χ3n) is 4.40. The summed E-state index contributed by atoms with van der Waals surface area (Å²) < 4.78 is 34.8. The Hall–Kier alpha value is -3.33. The van der Waals surface area contributed by atoms with E-state index in [-0.39, 0.29) is 16.2 Å². The van der Waals surface area contributed by atoms with Crippen molar-refractivity contribution in [3.8, 4) is 5.75 Å². The molecule has 2 N–H and O–H groups in total. The van der Waals surface area contributed by atoms with Crippen molar-refractivity contribution in [3.63, 3.8) is 0 Å². The van der Waals surface area contributed by atoms with Gasteiger partial charge >= 0.3 is 22.1 Å². The van der Waals surface area contributed by atoms with Crippen molar-refractivity contribution >= 4 is 22.1 Å². The lowest BCUT2D eigenvalue weighted by atomic mass is 9.95. The van der Waals surface area contributed by atoms with Crippen LogP contribution in [0.5, 0.6) is 5.75 Å². The van der Waals surface area contributed by atoms with Gasteiger partial charge in [-0.15, -0.1) is 0 Å². The molecule has 0 saturated carbocycles. The highest BCUT2D eigenvalue weighted by molar-refractivity contribution is 7.87. The maximum Gasteiger partial charge on any atom is 0.339 e. The topological polar surface area (TPSA) is 111 Å². The Balaban J connectivity index is 1.86. The number of allylic oxidation sites excluding steroid dienone is 1. The zero-order valence-electron chi connectivity index (χ0n) is 16.1. The molecule has 8 nitrogen and oxygen atoms in total. The zero-order valence-corrected chi connectivity index (χ0v) is 16.9. The Bertz CT molecular complexity index is 1070. The molecule has 0 fully saturated rings. The lowest BCUT2D eigenvalue weighted by molar-refractivity contribution is -0.136. The fraction of sp³-hybridized carbons (Fsp3) is 0.200. The van der Waals surface area contributed by atoms with Crippen LogP contribution in [0, 0.1) is 6.92 Å². The lowest BCUT2D eigenvalue weighted by Gasteiger charge is -2.27. The molecule has 0 aliphatic carbocycles. The predicted octanol–water partition coefficient (Wildman–Crippen LogP) is 2.56. The number of carbonyl (C=O) groups excluding carboxylic acids is 2. The van der Waals surface area contributed by atoms with E-state index in [1.54, 1.807) is 31.2 Å². The number of ether oxygens (including phenoxy) is 1. The van der Waals surface area contributed by atoms with Crippen molar-refractivity contribution < 1.29 is 26.9 Å². The van der Waals surface area contributed by atoms with E-state index in [1.807, 2.05) is 6.92 Å². The van der Waals surface area contributed by atoms with E-state index in [4.69, 9.17) is 8.92 Å². The highest BCUT2D eigenvalue weighted by Gasteiger charge is 2.31. The summed E-state index contributed by atoms with van der Waals surface area (Å²) in [7, 11) is -2.72. The number of carbonyl (C=O) groups is 2. The van der Waals surface area contributed by atoms with Crippen LogP contribution in [-0.2, 0) is 19.6 Å². The third kappa shape index (κ3) is 4.40. The normalized spacial score (nSPS) is 16.7. The largest absolute Gasteiger partial charge is 0.466 e. The summed E-state index contributed by atoms with van der Waals surface area (Å²) in [5.74, 6) is -0.475. The van der Waals surface area contributed by atoms with Crippen LogP contribution in [0.15, 0.2) is 64.7 Å². The van der Waals surface area contributed by atoms with Crippen LogP contribution in [-0.4, -0.2) is 27.5 Å². The number of esters is 1. The quantitative estimate of drug-likeness (QED) is 0.573. The van der Waals surface area contributed by atoms with Crippen molar-refractivity contribution in [2.75, 3.05) is 7.11 Å². The molecule has 3 rings (SSSR count). The monoisotopic (exact) mass is 416 g/mol. The molecule has 9 heteroatoms. The average molecular weight is 416 g/mol. The van der Waals surface area contributed by atoms with Crippen molar-refractivity contribution in [3.05, 3.63) is 70.9 Å². The van der Waals surface area contributed by atoms with Gasteiger partial charge in [-0.2, -0.15) is 8.42 Å². The number of aryl methyl sites for hydroxylation is 1. The Morgan fingerprint density at radius 1 is 1.00 bits per heavy atom. The number of urea groups is 1. The SMILES string of the molecule is COC(=O)C1=C(C)NC(=O)N[C@H]1c1ccc(OS(=O)(=O)c2ccc(C)cc2)cc1. The number of benzene rings is 2. The Labute approximate surface area is 168 Å². The van der Waals surface area contributed by atoms with E-state index < -0.39 is 28.2 Å². The van der Waals surface area contributed by atoms with Crippen LogP contribution in [0.2, 0.25) is 0 Å². The molecule has 29 heavy (non-hydrogen) atoms. The molecule has 2 aromatic carbocycles. The molecule has 0 unspecified atom stereocenters. The minimum absolute atomic E-state index is 0.0457. The molecule has 1 aliphatic rings. The second kappa shape index (κ2) is 7.96. The minimum atomic E-state index is -3.98. The van der Waals surface area contributed by atoms with Gasteiger partial charge in [-0.25, -0.2) is 9.59 Å². The molecule has 2 amide bonds. The van der Waals surface area contributed by atoms with Gasteiger partial charge in [0, 0.05) is 5.70 Å². The van der Waals surface area contributed by atoms with E-state index in [9.17, 15) is 18.0 Å². The van der Waals surface area contributed by atoms with Gasteiger partial charge in [0.1, 0.15) is 10.6 Å². The number of nitrogens with one attached hydrogen (secondary N) is 2. The van der Waals surface area contributed by atoms with Crippen molar-refractivity contribution in [1.29, 1.82) is 0 Å². The molecular weight excluding hydrogens is 396 g/mol. The predicted molar refractivity (Wildman–Crippen MR) is 105 cm³/mol. The summed E-state index contributed by atoms with van der Waals surface area (Å²) in [6.07, 6.45) is 0. The van der Waals surface area contributed by atoms with Gasteiger partial charge in [-0.05, 0) is 43.7 Å². The van der Waals surface area contributed by atoms with Crippen LogP contribution in [0.25, 0.3) is 0 Å². The summed E-state index contributed by atoms with van der Waals surface area (Å²) in [6.45, 7) is 3.46. The van der Waals surface area contributed by atoms with Gasteiger partial charge in [0.25, 0.3) is 0 Å². The van der Waals surface area contributed by atoms with Crippen molar-refractivity contribution in [2.45, 2.75) is 24.8 Å². The molecule has 1 atom stereocenters. The molecule has 0 bridgehead atoms. The van der Waals surface area contributed by atoms with E-state index in [2.05, 4.69) is 10.6 Å². The van der Waals surface area contributed by atoms with Crippen molar-refractivity contribution in [2.24, 2.45) is 0 Å². The van der Waals surface area contributed by atoms with Gasteiger partial charge in [0.15, 0.2) is 0 Å². The standard InChI is InChI=1S/C20H20N2O6S/c1-12-4-10-16(11-5-12)29(25,26)28-15-8-6-14(7-9-15)18-17(19(23)27-3)13(2)21-20(24)22-18/h4-11,18H,1-3H3,(H2,21,22,24)/t18-/m0/s1. The summed E-state index contributed by atoms with van der Waals surface area (Å²) in [5, 5.41) is 5.19. The first kappa shape index (κ1) is 20.4. The molecule has 152 valence electrons. The fourth-order valence-corrected chi connectivity index (χ4v) is 3.85. The smallest absolute Gasteiger partial charge is 0.339 e. The average Bonchev–Trinajstić information content (AvgIpc) is 2.67. The Morgan fingerprint density at radius 2 is 1.62 bits per heavy atom.